The van der Waals surface area contributed by atoms with E-state index in [0.717, 1.165) is 58.3 Å². The van der Waals surface area contributed by atoms with Crippen LogP contribution in [-0.4, -0.2) is 33.4 Å². The van der Waals surface area contributed by atoms with Gasteiger partial charge in [0.2, 0.25) is 0 Å². The van der Waals surface area contributed by atoms with Gasteiger partial charge < -0.3 is 10.3 Å². The van der Waals surface area contributed by atoms with Gasteiger partial charge in [0.05, 0.1) is 4.88 Å². The largest absolute Gasteiger partial charge is 0.365 e. The molecule has 4 aromatic rings. The lowest BCUT2D eigenvalue weighted by Crippen LogP contribution is -2.20. The lowest BCUT2D eigenvalue weighted by atomic mass is 9.95. The van der Waals surface area contributed by atoms with E-state index < -0.39 is 0 Å². The molecule has 1 amide bonds. The number of fused-ring (bicyclic) bond motifs is 2. The van der Waals surface area contributed by atoms with Gasteiger partial charge in [0.1, 0.15) is 10.6 Å². The highest BCUT2D eigenvalue weighted by Crippen LogP contribution is 2.39. The number of nitrogens with two attached hydrogens (primary N) is 1. The Labute approximate surface area is 171 Å². The van der Waals surface area contributed by atoms with Crippen LogP contribution in [0.1, 0.15) is 33.1 Å². The van der Waals surface area contributed by atoms with Crippen molar-refractivity contribution in [3.05, 3.63) is 64.5 Å². The second-order valence-electron chi connectivity index (χ2n) is 7.71. The zero-order valence-corrected chi connectivity index (χ0v) is 16.9. The summed E-state index contributed by atoms with van der Waals surface area (Å²) in [4.78, 5) is 20.3. The van der Waals surface area contributed by atoms with E-state index in [1.807, 2.05) is 29.8 Å². The quantitative estimate of drug-likeness (QED) is 0.555. The fourth-order valence-corrected chi connectivity index (χ4v) is 5.65. The summed E-state index contributed by atoms with van der Waals surface area (Å²) in [6.45, 7) is 2.52. The van der Waals surface area contributed by atoms with Crippen molar-refractivity contribution in [1.29, 1.82) is 0 Å². The minimum absolute atomic E-state index is 0.215. The van der Waals surface area contributed by atoms with E-state index in [2.05, 4.69) is 16.1 Å². The topological polar surface area (TPSA) is 64.2 Å². The van der Waals surface area contributed by atoms with Crippen LogP contribution in [0.5, 0.6) is 0 Å². The zero-order valence-electron chi connectivity index (χ0n) is 16.1. The van der Waals surface area contributed by atoms with Crippen LogP contribution in [0.15, 0.2) is 42.7 Å². The average Bonchev–Trinajstić information content (AvgIpc) is 3.38. The Morgan fingerprint density at radius 3 is 3.03 bits per heavy atom. The number of primary amides is 1. The Kier molecular flexibility index (Phi) is 4.37. The molecule has 5 rings (SSSR count). The SMILES string of the molecule is Cn1cc(CN2CC[C@@H](c3c(C(N)=O)sc4ncccc34)C2)c2cc(F)ccc21. The maximum Gasteiger partial charge on any atom is 0.259 e. The molecule has 1 aliphatic heterocycles. The fourth-order valence-electron chi connectivity index (χ4n) is 4.56. The predicted octanol–water partition coefficient (Wildman–Crippen LogP) is 4.02. The van der Waals surface area contributed by atoms with Crippen molar-refractivity contribution < 1.29 is 9.18 Å². The highest BCUT2D eigenvalue weighted by Gasteiger charge is 2.30. The highest BCUT2D eigenvalue weighted by molar-refractivity contribution is 7.20. The first-order valence-corrected chi connectivity index (χ1v) is 10.5. The van der Waals surface area contributed by atoms with Gasteiger partial charge in [-0.1, -0.05) is 6.07 Å². The minimum atomic E-state index is -0.383. The molecule has 2 N–H and O–H groups in total. The summed E-state index contributed by atoms with van der Waals surface area (Å²) in [6, 6.07) is 8.86. The van der Waals surface area contributed by atoms with E-state index in [1.165, 1.54) is 17.4 Å². The third-order valence-corrected chi connectivity index (χ3v) is 6.98. The zero-order chi connectivity index (χ0) is 20.1. The number of likely N-dealkylation sites (tertiary alicyclic amines) is 1. The second kappa shape index (κ2) is 6.93. The van der Waals surface area contributed by atoms with Gasteiger partial charge in [0.15, 0.2) is 0 Å². The van der Waals surface area contributed by atoms with Crippen LogP contribution in [0.4, 0.5) is 4.39 Å². The Balaban J connectivity index is 1.45. The summed E-state index contributed by atoms with van der Waals surface area (Å²) in [5.74, 6) is -0.360. The molecule has 1 atom stereocenters. The van der Waals surface area contributed by atoms with E-state index in [9.17, 15) is 9.18 Å². The molecule has 0 spiro atoms. The van der Waals surface area contributed by atoms with Gasteiger partial charge in [-0.05, 0) is 48.4 Å². The smallest absolute Gasteiger partial charge is 0.259 e. The van der Waals surface area contributed by atoms with Gasteiger partial charge in [0.25, 0.3) is 5.91 Å². The fraction of sp³-hybridized carbons (Fsp3) is 0.273. The lowest BCUT2D eigenvalue weighted by Gasteiger charge is -2.16. The first-order valence-electron chi connectivity index (χ1n) is 9.64. The van der Waals surface area contributed by atoms with Crippen LogP contribution in [-0.2, 0) is 13.6 Å². The average molecular weight is 409 g/mol. The van der Waals surface area contributed by atoms with Gasteiger partial charge in [-0.3, -0.25) is 9.69 Å². The Hall–Kier alpha value is -2.77. The van der Waals surface area contributed by atoms with E-state index in [-0.39, 0.29) is 17.6 Å². The molecule has 1 fully saturated rings. The molecule has 1 saturated heterocycles. The van der Waals surface area contributed by atoms with Gasteiger partial charge in [-0.25, -0.2) is 9.37 Å². The molecule has 4 heterocycles. The maximum atomic E-state index is 13.8. The van der Waals surface area contributed by atoms with Gasteiger partial charge >= 0.3 is 0 Å². The first kappa shape index (κ1) is 18.3. The summed E-state index contributed by atoms with van der Waals surface area (Å²) in [5.41, 5.74) is 8.86. The lowest BCUT2D eigenvalue weighted by molar-refractivity contribution is 0.100. The van der Waals surface area contributed by atoms with E-state index in [4.69, 9.17) is 5.73 Å². The van der Waals surface area contributed by atoms with Crippen molar-refractivity contribution in [3.8, 4) is 0 Å². The van der Waals surface area contributed by atoms with E-state index >= 15 is 0 Å². The number of hydrogen-bond acceptors (Lipinski definition) is 4. The molecular formula is C22H21FN4OS. The van der Waals surface area contributed by atoms with Crippen molar-refractivity contribution in [2.24, 2.45) is 12.8 Å². The number of amides is 1. The number of nitrogens with zero attached hydrogens (tertiary/aromatic N) is 3. The molecule has 1 aromatic carbocycles. The third-order valence-electron chi connectivity index (χ3n) is 5.84. The number of thiophene rings is 1. The second-order valence-corrected chi connectivity index (χ2v) is 8.71. The Bertz CT molecular complexity index is 1240. The molecule has 1 aliphatic rings. The van der Waals surface area contributed by atoms with Gasteiger partial charge in [0, 0.05) is 54.7 Å². The summed E-state index contributed by atoms with van der Waals surface area (Å²) < 4.78 is 15.8. The summed E-state index contributed by atoms with van der Waals surface area (Å²) in [7, 11) is 1.99. The minimum Gasteiger partial charge on any atom is -0.365 e. The van der Waals surface area contributed by atoms with Crippen molar-refractivity contribution in [1.82, 2.24) is 14.5 Å². The highest BCUT2D eigenvalue weighted by atomic mass is 32.1. The van der Waals surface area contributed by atoms with Crippen LogP contribution >= 0.6 is 11.3 Å². The third kappa shape index (κ3) is 3.10. The Morgan fingerprint density at radius 2 is 2.21 bits per heavy atom. The van der Waals surface area contributed by atoms with Crippen molar-refractivity contribution in [3.63, 3.8) is 0 Å². The monoisotopic (exact) mass is 408 g/mol. The van der Waals surface area contributed by atoms with Gasteiger partial charge in [-0.2, -0.15) is 0 Å². The number of aryl methyl sites for hydroxylation is 1. The predicted molar refractivity (Wildman–Crippen MR) is 114 cm³/mol. The number of halogens is 1. The summed E-state index contributed by atoms with van der Waals surface area (Å²) >= 11 is 1.38. The molecule has 7 heteroatoms. The van der Waals surface area contributed by atoms with E-state index in [1.54, 1.807) is 12.3 Å². The van der Waals surface area contributed by atoms with Crippen LogP contribution in [0, 0.1) is 5.82 Å². The number of carbonyl (C=O) groups is 1. The summed E-state index contributed by atoms with van der Waals surface area (Å²) in [6.07, 6.45) is 4.78. The summed E-state index contributed by atoms with van der Waals surface area (Å²) in [5, 5.41) is 1.99. The van der Waals surface area contributed by atoms with Gasteiger partial charge in [-0.15, -0.1) is 11.3 Å². The number of pyridine rings is 1. The van der Waals surface area contributed by atoms with Crippen LogP contribution in [0.2, 0.25) is 0 Å². The standard InChI is InChI=1S/C22H21FN4OS/c1-26-10-14(17-9-15(23)4-5-18(17)26)12-27-8-6-13(11-27)19-16-3-2-7-25-22(16)29-20(19)21(24)28/h2-5,7,9-10,13H,6,8,11-12H2,1H3,(H2,24,28)/t13-/m1/s1. The van der Waals surface area contributed by atoms with Crippen LogP contribution in [0.3, 0.4) is 0 Å². The number of aromatic nitrogens is 2. The molecule has 5 nitrogen and oxygen atoms in total. The number of rotatable bonds is 4. The van der Waals surface area contributed by atoms with Crippen molar-refractivity contribution >= 4 is 38.4 Å². The molecule has 0 unspecified atom stereocenters. The Morgan fingerprint density at radius 1 is 1.34 bits per heavy atom. The molecular weight excluding hydrogens is 387 g/mol. The molecule has 148 valence electrons. The molecule has 0 aliphatic carbocycles. The molecule has 29 heavy (non-hydrogen) atoms. The number of hydrogen-bond donors (Lipinski definition) is 1. The van der Waals surface area contributed by atoms with Crippen LogP contribution < -0.4 is 5.73 Å². The number of carbonyl (C=O) groups excluding carboxylic acids is 1. The molecule has 0 radical (unpaired) electrons. The first-order chi connectivity index (χ1) is 14.0. The molecule has 3 aromatic heterocycles. The van der Waals surface area contributed by atoms with Crippen molar-refractivity contribution in [2.75, 3.05) is 13.1 Å². The van der Waals surface area contributed by atoms with E-state index in [0.29, 0.717) is 4.88 Å². The van der Waals surface area contributed by atoms with Crippen LogP contribution in [0.25, 0.3) is 21.1 Å². The molecule has 0 bridgehead atoms. The molecule has 0 saturated carbocycles. The number of benzene rings is 1. The maximum absolute atomic E-state index is 13.8. The normalized spacial score (nSPS) is 17.5. The van der Waals surface area contributed by atoms with Crippen molar-refractivity contribution in [2.45, 2.75) is 18.9 Å².